The van der Waals surface area contributed by atoms with Gasteiger partial charge in [-0.2, -0.15) is 0 Å². The molecule has 0 spiro atoms. The molecule has 108 valence electrons. The lowest BCUT2D eigenvalue weighted by molar-refractivity contribution is 0.688. The van der Waals surface area contributed by atoms with Gasteiger partial charge in [-0.3, -0.25) is 0 Å². The maximum absolute atomic E-state index is 3.54. The van der Waals surface area contributed by atoms with Crippen LogP contribution in [-0.2, 0) is 13.0 Å². The predicted octanol–water partition coefficient (Wildman–Crippen LogP) is 4.57. The van der Waals surface area contributed by atoms with Gasteiger partial charge in [0, 0.05) is 28.1 Å². The normalized spacial score (nSPS) is 11.1. The molecule has 0 aliphatic rings. The van der Waals surface area contributed by atoms with Crippen molar-refractivity contribution in [3.8, 4) is 0 Å². The number of para-hydroxylation sites is 1. The van der Waals surface area contributed by atoms with Gasteiger partial charge in [-0.05, 0) is 48.7 Å². The van der Waals surface area contributed by atoms with Crippen LogP contribution in [0.25, 0.3) is 10.9 Å². The summed E-state index contributed by atoms with van der Waals surface area (Å²) >= 11 is 3.54. The van der Waals surface area contributed by atoms with Crippen molar-refractivity contribution in [2.24, 2.45) is 0 Å². The zero-order chi connectivity index (χ0) is 14.7. The summed E-state index contributed by atoms with van der Waals surface area (Å²) in [6.07, 6.45) is 3.16. The molecule has 1 heterocycles. The summed E-state index contributed by atoms with van der Waals surface area (Å²) in [5.41, 5.74) is 5.21. The highest BCUT2D eigenvalue weighted by Crippen LogP contribution is 2.18. The van der Waals surface area contributed by atoms with Gasteiger partial charge in [-0.1, -0.05) is 46.3 Å². The molecule has 0 saturated carbocycles. The minimum Gasteiger partial charge on any atom is -0.361 e. The minimum atomic E-state index is 0.913. The lowest BCUT2D eigenvalue weighted by Gasteiger charge is -2.06. The number of aryl methyl sites for hydroxylation is 1. The molecule has 2 N–H and O–H groups in total. The molecule has 2 aromatic carbocycles. The molecule has 0 aliphatic heterocycles. The summed E-state index contributed by atoms with van der Waals surface area (Å²) in [5.74, 6) is 0. The van der Waals surface area contributed by atoms with Crippen molar-refractivity contribution < 1.29 is 0 Å². The molecule has 0 aliphatic carbocycles. The number of H-pyrrole nitrogens is 1. The lowest BCUT2D eigenvalue weighted by Crippen LogP contribution is -2.16. The van der Waals surface area contributed by atoms with Crippen LogP contribution in [-0.4, -0.2) is 11.5 Å². The molecule has 0 unspecified atom stereocenters. The Balaban J connectivity index is 1.55. The highest BCUT2D eigenvalue weighted by Gasteiger charge is 2.02. The van der Waals surface area contributed by atoms with Gasteiger partial charge < -0.3 is 10.3 Å². The topological polar surface area (TPSA) is 27.8 Å². The van der Waals surface area contributed by atoms with E-state index in [4.69, 9.17) is 0 Å². The third kappa shape index (κ3) is 3.36. The van der Waals surface area contributed by atoms with Crippen LogP contribution in [0, 0.1) is 6.92 Å². The van der Waals surface area contributed by atoms with Crippen LogP contribution in [0.3, 0.4) is 0 Å². The van der Waals surface area contributed by atoms with Crippen LogP contribution >= 0.6 is 15.9 Å². The maximum Gasteiger partial charge on any atom is 0.0456 e. The first-order chi connectivity index (χ1) is 10.2. The van der Waals surface area contributed by atoms with E-state index in [0.29, 0.717) is 0 Å². The van der Waals surface area contributed by atoms with Crippen molar-refractivity contribution in [1.29, 1.82) is 0 Å². The summed E-state index contributed by atoms with van der Waals surface area (Å²) < 4.78 is 1.17. The molecule has 1 aromatic heterocycles. The molecule has 0 saturated heterocycles. The number of halogens is 1. The van der Waals surface area contributed by atoms with E-state index in [1.54, 1.807) is 0 Å². The van der Waals surface area contributed by atoms with Gasteiger partial charge >= 0.3 is 0 Å². The number of nitrogens with one attached hydrogen (secondary N) is 2. The molecular weight excluding hydrogens is 324 g/mol. The zero-order valence-electron chi connectivity index (χ0n) is 12.1. The molecule has 0 bridgehead atoms. The van der Waals surface area contributed by atoms with Crippen molar-refractivity contribution in [2.45, 2.75) is 19.9 Å². The van der Waals surface area contributed by atoms with E-state index in [9.17, 15) is 0 Å². The molecule has 3 aromatic rings. The standard InChI is InChI=1S/C18H19BrN2/c1-13-10-14(6-7-17(13)19)11-20-9-8-15-12-21-18-5-3-2-4-16(15)18/h2-7,10,12,20-21H,8-9,11H2,1H3. The number of hydrogen-bond donors (Lipinski definition) is 2. The summed E-state index contributed by atoms with van der Waals surface area (Å²) in [7, 11) is 0. The van der Waals surface area contributed by atoms with Crippen LogP contribution in [0.15, 0.2) is 53.1 Å². The van der Waals surface area contributed by atoms with Gasteiger partial charge in [0.1, 0.15) is 0 Å². The first-order valence-electron chi connectivity index (χ1n) is 7.25. The van der Waals surface area contributed by atoms with E-state index in [1.165, 1.54) is 32.1 Å². The quantitative estimate of drug-likeness (QED) is 0.653. The smallest absolute Gasteiger partial charge is 0.0456 e. The van der Waals surface area contributed by atoms with Crippen LogP contribution in [0.2, 0.25) is 0 Å². The van der Waals surface area contributed by atoms with Crippen molar-refractivity contribution in [3.05, 3.63) is 69.8 Å². The number of benzene rings is 2. The van der Waals surface area contributed by atoms with E-state index in [2.05, 4.69) is 81.8 Å². The Morgan fingerprint density at radius 2 is 2.00 bits per heavy atom. The van der Waals surface area contributed by atoms with Crippen LogP contribution in [0.5, 0.6) is 0 Å². The van der Waals surface area contributed by atoms with Crippen molar-refractivity contribution in [2.75, 3.05) is 6.54 Å². The molecule has 0 fully saturated rings. The van der Waals surface area contributed by atoms with Gasteiger partial charge in [0.25, 0.3) is 0 Å². The molecular formula is C18H19BrN2. The average Bonchev–Trinajstić information content (AvgIpc) is 2.91. The van der Waals surface area contributed by atoms with E-state index in [1.807, 2.05) is 0 Å². The van der Waals surface area contributed by atoms with E-state index in [0.717, 1.165) is 19.5 Å². The van der Waals surface area contributed by atoms with Crippen molar-refractivity contribution in [3.63, 3.8) is 0 Å². The van der Waals surface area contributed by atoms with Gasteiger partial charge in [0.05, 0.1) is 0 Å². The van der Waals surface area contributed by atoms with Crippen molar-refractivity contribution >= 4 is 26.8 Å². The second-order valence-electron chi connectivity index (χ2n) is 5.37. The zero-order valence-corrected chi connectivity index (χ0v) is 13.7. The Morgan fingerprint density at radius 3 is 2.86 bits per heavy atom. The Kier molecular flexibility index (Phi) is 4.42. The Bertz CT molecular complexity index is 746. The fourth-order valence-corrected chi connectivity index (χ4v) is 2.86. The summed E-state index contributed by atoms with van der Waals surface area (Å²) in [4.78, 5) is 3.33. The first-order valence-corrected chi connectivity index (χ1v) is 8.04. The van der Waals surface area contributed by atoms with Crippen molar-refractivity contribution in [1.82, 2.24) is 10.3 Å². The Labute approximate surface area is 133 Å². The van der Waals surface area contributed by atoms with Gasteiger partial charge in [-0.15, -0.1) is 0 Å². The lowest BCUT2D eigenvalue weighted by atomic mass is 10.1. The number of aromatic amines is 1. The second-order valence-corrected chi connectivity index (χ2v) is 6.22. The maximum atomic E-state index is 3.54. The SMILES string of the molecule is Cc1cc(CNCCc2c[nH]c3ccccc23)ccc1Br. The molecule has 0 atom stereocenters. The third-order valence-corrected chi connectivity index (χ3v) is 4.69. The van der Waals surface area contributed by atoms with Gasteiger partial charge in [0.15, 0.2) is 0 Å². The largest absolute Gasteiger partial charge is 0.361 e. The number of aromatic nitrogens is 1. The fourth-order valence-electron chi connectivity index (χ4n) is 2.61. The summed E-state index contributed by atoms with van der Waals surface area (Å²) in [6.45, 7) is 4.02. The van der Waals surface area contributed by atoms with Gasteiger partial charge in [-0.25, -0.2) is 0 Å². The first kappa shape index (κ1) is 14.4. The van der Waals surface area contributed by atoms with Crippen LogP contribution < -0.4 is 5.32 Å². The average molecular weight is 343 g/mol. The van der Waals surface area contributed by atoms with E-state index in [-0.39, 0.29) is 0 Å². The van der Waals surface area contributed by atoms with E-state index >= 15 is 0 Å². The number of hydrogen-bond acceptors (Lipinski definition) is 1. The Morgan fingerprint density at radius 1 is 1.14 bits per heavy atom. The second kappa shape index (κ2) is 6.46. The Hall–Kier alpha value is -1.58. The monoisotopic (exact) mass is 342 g/mol. The molecule has 0 radical (unpaired) electrons. The highest BCUT2D eigenvalue weighted by atomic mass is 79.9. The highest BCUT2D eigenvalue weighted by molar-refractivity contribution is 9.10. The number of fused-ring (bicyclic) bond motifs is 1. The molecule has 0 amide bonds. The minimum absolute atomic E-state index is 0.913. The van der Waals surface area contributed by atoms with Crippen LogP contribution in [0.4, 0.5) is 0 Å². The summed E-state index contributed by atoms with van der Waals surface area (Å²) in [5, 5.41) is 4.85. The molecule has 2 nitrogen and oxygen atoms in total. The molecule has 3 heteroatoms. The third-order valence-electron chi connectivity index (χ3n) is 3.80. The molecule has 21 heavy (non-hydrogen) atoms. The number of rotatable bonds is 5. The molecule has 3 rings (SSSR count). The van der Waals surface area contributed by atoms with E-state index < -0.39 is 0 Å². The predicted molar refractivity (Wildman–Crippen MR) is 92.6 cm³/mol. The van der Waals surface area contributed by atoms with Crippen LogP contribution in [0.1, 0.15) is 16.7 Å². The fraction of sp³-hybridized carbons (Fsp3) is 0.222. The van der Waals surface area contributed by atoms with Gasteiger partial charge in [0.2, 0.25) is 0 Å². The summed E-state index contributed by atoms with van der Waals surface area (Å²) in [6, 6.07) is 15.0.